The second kappa shape index (κ2) is 4.14. The molecule has 1 aliphatic carbocycles. The number of hydrogen-bond donors (Lipinski definition) is 2. The fourth-order valence-electron chi connectivity index (χ4n) is 1.64. The first-order valence-corrected chi connectivity index (χ1v) is 5.30. The highest BCUT2D eigenvalue weighted by Gasteiger charge is 2.35. The van der Waals surface area contributed by atoms with E-state index in [9.17, 15) is 14.9 Å². The van der Waals surface area contributed by atoms with Gasteiger partial charge in [0.2, 0.25) is 0 Å². The molecule has 90 valence electrons. The molecule has 2 rings (SSSR count). The third-order valence-corrected chi connectivity index (χ3v) is 2.82. The number of carbonyl (C=O) groups excluding carboxylic acids is 1. The van der Waals surface area contributed by atoms with Gasteiger partial charge in [-0.25, -0.2) is 0 Å². The van der Waals surface area contributed by atoms with E-state index in [1.54, 1.807) is 6.92 Å². The molecule has 1 saturated carbocycles. The number of nitro benzene ring substituents is 1. The van der Waals surface area contributed by atoms with E-state index in [4.69, 9.17) is 5.73 Å². The third-order valence-electron chi connectivity index (χ3n) is 2.82. The molecular weight excluding hydrogens is 222 g/mol. The Morgan fingerprint density at radius 1 is 1.59 bits per heavy atom. The van der Waals surface area contributed by atoms with Crippen LogP contribution in [0.4, 0.5) is 5.69 Å². The van der Waals surface area contributed by atoms with E-state index < -0.39 is 4.92 Å². The Morgan fingerprint density at radius 2 is 2.24 bits per heavy atom. The summed E-state index contributed by atoms with van der Waals surface area (Å²) < 4.78 is 0. The Balaban J connectivity index is 2.15. The van der Waals surface area contributed by atoms with Crippen LogP contribution in [-0.2, 0) is 0 Å². The first kappa shape index (κ1) is 11.5. The van der Waals surface area contributed by atoms with E-state index in [1.165, 1.54) is 18.2 Å². The Kier molecular flexibility index (Phi) is 2.81. The Hall–Kier alpha value is -1.95. The molecule has 1 aromatic rings. The lowest BCUT2D eigenvalue weighted by atomic mass is 10.1. The van der Waals surface area contributed by atoms with E-state index >= 15 is 0 Å². The zero-order valence-corrected chi connectivity index (χ0v) is 9.34. The monoisotopic (exact) mass is 235 g/mol. The van der Waals surface area contributed by atoms with Crippen LogP contribution < -0.4 is 11.1 Å². The van der Waals surface area contributed by atoms with Crippen LogP contribution in [0.1, 0.15) is 22.3 Å². The molecule has 6 heteroatoms. The van der Waals surface area contributed by atoms with Gasteiger partial charge in [0, 0.05) is 29.8 Å². The number of rotatable bonds is 3. The molecule has 6 nitrogen and oxygen atoms in total. The number of benzene rings is 1. The molecular formula is C11H13N3O3. The fourth-order valence-corrected chi connectivity index (χ4v) is 1.64. The maximum Gasteiger partial charge on any atom is 0.269 e. The van der Waals surface area contributed by atoms with Gasteiger partial charge in [0.1, 0.15) is 0 Å². The summed E-state index contributed by atoms with van der Waals surface area (Å²) in [4.78, 5) is 21.9. The van der Waals surface area contributed by atoms with E-state index in [-0.39, 0.29) is 23.7 Å². The summed E-state index contributed by atoms with van der Waals surface area (Å²) in [6, 6.07) is 4.27. The molecule has 0 radical (unpaired) electrons. The molecule has 2 atom stereocenters. The predicted octanol–water partition coefficient (Wildman–Crippen LogP) is 0.733. The number of hydrogen-bond acceptors (Lipinski definition) is 4. The molecule has 3 N–H and O–H groups in total. The van der Waals surface area contributed by atoms with Crippen molar-refractivity contribution in [2.75, 3.05) is 0 Å². The summed E-state index contributed by atoms with van der Waals surface area (Å²) in [5.74, 6) is -0.227. The standard InChI is InChI=1S/C11H13N3O3/c1-6-4-7(14(16)17)2-3-8(6)11(15)13-10-5-9(10)12/h2-4,9-10H,5,12H2,1H3,(H,13,15). The van der Waals surface area contributed by atoms with Crippen molar-refractivity contribution in [3.63, 3.8) is 0 Å². The lowest BCUT2D eigenvalue weighted by Crippen LogP contribution is -2.30. The normalized spacial score (nSPS) is 22.0. The van der Waals surface area contributed by atoms with Gasteiger partial charge in [-0.2, -0.15) is 0 Å². The summed E-state index contributed by atoms with van der Waals surface area (Å²) in [5, 5.41) is 13.3. The first-order valence-electron chi connectivity index (χ1n) is 5.30. The van der Waals surface area contributed by atoms with Crippen molar-refractivity contribution >= 4 is 11.6 Å². The SMILES string of the molecule is Cc1cc([N+](=O)[O-])ccc1C(=O)NC1CC1N. The van der Waals surface area contributed by atoms with Gasteiger partial charge in [0.05, 0.1) is 4.92 Å². The van der Waals surface area contributed by atoms with Crippen LogP contribution in [0.25, 0.3) is 0 Å². The van der Waals surface area contributed by atoms with Gasteiger partial charge in [-0.3, -0.25) is 14.9 Å². The fraction of sp³-hybridized carbons (Fsp3) is 0.364. The van der Waals surface area contributed by atoms with Crippen molar-refractivity contribution < 1.29 is 9.72 Å². The van der Waals surface area contributed by atoms with Crippen molar-refractivity contribution in [1.82, 2.24) is 5.32 Å². The third kappa shape index (κ3) is 2.42. The minimum Gasteiger partial charge on any atom is -0.348 e. The van der Waals surface area contributed by atoms with Crippen LogP contribution in [0, 0.1) is 17.0 Å². The van der Waals surface area contributed by atoms with Crippen molar-refractivity contribution in [2.45, 2.75) is 25.4 Å². The molecule has 1 aliphatic rings. The molecule has 1 amide bonds. The van der Waals surface area contributed by atoms with E-state index in [1.807, 2.05) is 0 Å². The molecule has 1 aromatic carbocycles. The quantitative estimate of drug-likeness (QED) is 0.596. The lowest BCUT2D eigenvalue weighted by Gasteiger charge is -2.06. The van der Waals surface area contributed by atoms with Crippen LogP contribution in [0.2, 0.25) is 0 Å². The van der Waals surface area contributed by atoms with Crippen LogP contribution in [0.15, 0.2) is 18.2 Å². The average Bonchev–Trinajstić information content (AvgIpc) is 2.93. The second-order valence-corrected chi connectivity index (χ2v) is 4.24. The summed E-state index contributed by atoms with van der Waals surface area (Å²) in [5.41, 5.74) is 6.62. The van der Waals surface area contributed by atoms with Gasteiger partial charge in [0.15, 0.2) is 0 Å². The number of nitrogens with two attached hydrogens (primary N) is 1. The Bertz CT molecular complexity index is 487. The van der Waals surface area contributed by atoms with Crippen molar-refractivity contribution in [1.29, 1.82) is 0 Å². The maximum atomic E-state index is 11.8. The molecule has 17 heavy (non-hydrogen) atoms. The largest absolute Gasteiger partial charge is 0.348 e. The molecule has 0 aromatic heterocycles. The molecule has 0 aliphatic heterocycles. The van der Waals surface area contributed by atoms with Gasteiger partial charge in [-0.05, 0) is 25.0 Å². The summed E-state index contributed by atoms with van der Waals surface area (Å²) in [6.45, 7) is 1.68. The molecule has 1 fully saturated rings. The van der Waals surface area contributed by atoms with Gasteiger partial charge in [0.25, 0.3) is 11.6 Å². The number of aryl methyl sites for hydroxylation is 1. The second-order valence-electron chi connectivity index (χ2n) is 4.24. The van der Waals surface area contributed by atoms with Gasteiger partial charge in [-0.15, -0.1) is 0 Å². The zero-order chi connectivity index (χ0) is 12.6. The van der Waals surface area contributed by atoms with Crippen LogP contribution >= 0.6 is 0 Å². The summed E-state index contributed by atoms with van der Waals surface area (Å²) in [6.07, 6.45) is 0.789. The van der Waals surface area contributed by atoms with E-state index in [0.717, 1.165) is 6.42 Å². The molecule has 2 unspecified atom stereocenters. The molecule has 0 heterocycles. The number of non-ortho nitro benzene ring substituents is 1. The highest BCUT2D eigenvalue weighted by Crippen LogP contribution is 2.21. The van der Waals surface area contributed by atoms with Gasteiger partial charge in [-0.1, -0.05) is 0 Å². The topological polar surface area (TPSA) is 98.3 Å². The van der Waals surface area contributed by atoms with Crippen molar-refractivity contribution in [2.24, 2.45) is 5.73 Å². The van der Waals surface area contributed by atoms with Crippen LogP contribution in [0.3, 0.4) is 0 Å². The minimum atomic E-state index is -0.481. The average molecular weight is 235 g/mol. The number of amides is 1. The van der Waals surface area contributed by atoms with Gasteiger partial charge >= 0.3 is 0 Å². The van der Waals surface area contributed by atoms with Crippen molar-refractivity contribution in [3.8, 4) is 0 Å². The first-order chi connectivity index (χ1) is 7.99. The number of nitrogens with one attached hydrogen (secondary N) is 1. The number of carbonyl (C=O) groups is 1. The van der Waals surface area contributed by atoms with E-state index in [2.05, 4.69) is 5.32 Å². The zero-order valence-electron chi connectivity index (χ0n) is 9.34. The smallest absolute Gasteiger partial charge is 0.269 e. The predicted molar refractivity (Wildman–Crippen MR) is 61.7 cm³/mol. The molecule has 0 saturated heterocycles. The van der Waals surface area contributed by atoms with Gasteiger partial charge < -0.3 is 11.1 Å². The number of nitro groups is 1. The summed E-state index contributed by atoms with van der Waals surface area (Å²) >= 11 is 0. The van der Waals surface area contributed by atoms with E-state index in [0.29, 0.717) is 11.1 Å². The van der Waals surface area contributed by atoms with Crippen LogP contribution in [-0.4, -0.2) is 22.9 Å². The van der Waals surface area contributed by atoms with Crippen LogP contribution in [0.5, 0.6) is 0 Å². The molecule has 0 spiro atoms. The highest BCUT2D eigenvalue weighted by molar-refractivity contribution is 5.96. The molecule has 0 bridgehead atoms. The minimum absolute atomic E-state index is 0.0119. The highest BCUT2D eigenvalue weighted by atomic mass is 16.6. The number of nitrogens with zero attached hydrogens (tertiary/aromatic N) is 1. The Morgan fingerprint density at radius 3 is 2.71 bits per heavy atom. The lowest BCUT2D eigenvalue weighted by molar-refractivity contribution is -0.384. The summed E-state index contributed by atoms with van der Waals surface area (Å²) in [7, 11) is 0. The van der Waals surface area contributed by atoms with Crippen molar-refractivity contribution in [3.05, 3.63) is 39.4 Å². The maximum absolute atomic E-state index is 11.8. The Labute approximate surface area is 98.0 Å².